The monoisotopic (exact) mass is 508 g/mol. The predicted molar refractivity (Wildman–Crippen MR) is 148 cm³/mol. The number of hydrogen-bond acceptors (Lipinski definition) is 5. The zero-order valence-corrected chi connectivity index (χ0v) is 20.8. The molecule has 4 rings (SSSR count). The minimum absolute atomic E-state index is 0.0129. The molecule has 0 bridgehead atoms. The zero-order valence-electron chi connectivity index (χ0n) is 20.8. The molecule has 8 nitrogen and oxygen atoms in total. The molecule has 0 saturated carbocycles. The number of primary amides is 1. The Bertz CT molecular complexity index is 1400. The van der Waals surface area contributed by atoms with Gasteiger partial charge in [-0.25, -0.2) is 0 Å². The third-order valence-electron chi connectivity index (χ3n) is 6.07. The Balaban J connectivity index is 1.62. The minimum Gasteiger partial charge on any atom is -0.496 e. The summed E-state index contributed by atoms with van der Waals surface area (Å²) < 4.78 is 5.52. The van der Waals surface area contributed by atoms with Gasteiger partial charge in [0, 0.05) is 16.9 Å². The molecule has 0 saturated heterocycles. The van der Waals surface area contributed by atoms with Gasteiger partial charge in [-0.1, -0.05) is 54.6 Å². The van der Waals surface area contributed by atoms with E-state index in [-0.39, 0.29) is 12.3 Å². The Labute approximate surface area is 220 Å². The van der Waals surface area contributed by atoms with E-state index in [4.69, 9.17) is 16.2 Å². The summed E-state index contributed by atoms with van der Waals surface area (Å²) in [6.45, 7) is 0. The highest BCUT2D eigenvalue weighted by atomic mass is 16.5. The summed E-state index contributed by atoms with van der Waals surface area (Å²) in [5.74, 6) is -2.46. The van der Waals surface area contributed by atoms with Crippen LogP contribution in [0, 0.1) is 5.92 Å². The van der Waals surface area contributed by atoms with Gasteiger partial charge >= 0.3 is 0 Å². The number of carbonyl (C=O) groups is 3. The van der Waals surface area contributed by atoms with Gasteiger partial charge in [-0.15, -0.1) is 0 Å². The maximum Gasteiger partial charge on any atom is 0.255 e. The fourth-order valence-corrected chi connectivity index (χ4v) is 4.10. The second-order valence-corrected chi connectivity index (χ2v) is 8.57. The van der Waals surface area contributed by atoms with Crippen molar-refractivity contribution in [2.45, 2.75) is 6.42 Å². The summed E-state index contributed by atoms with van der Waals surface area (Å²) >= 11 is 0. The summed E-state index contributed by atoms with van der Waals surface area (Å²) in [4.78, 5) is 40.7. The first-order valence-corrected chi connectivity index (χ1v) is 11.9. The van der Waals surface area contributed by atoms with Crippen LogP contribution < -0.4 is 26.4 Å². The molecule has 0 aromatic heterocycles. The first kappa shape index (κ1) is 26.0. The summed E-state index contributed by atoms with van der Waals surface area (Å²) in [5, 5.41) is 2.77. The van der Waals surface area contributed by atoms with Gasteiger partial charge in [0.25, 0.3) is 5.91 Å². The molecule has 192 valence electrons. The molecule has 0 fully saturated rings. The van der Waals surface area contributed by atoms with E-state index in [0.717, 1.165) is 0 Å². The lowest BCUT2D eigenvalue weighted by Crippen LogP contribution is -2.41. The van der Waals surface area contributed by atoms with E-state index in [2.05, 4.69) is 5.32 Å². The van der Waals surface area contributed by atoms with Crippen LogP contribution in [0.15, 0.2) is 103 Å². The summed E-state index contributed by atoms with van der Waals surface area (Å²) in [6.07, 6.45) is -0.0129. The number of nitrogens with two attached hydrogens (primary N) is 2. The Morgan fingerprint density at radius 3 is 1.97 bits per heavy atom. The average molecular weight is 509 g/mol. The number of anilines is 4. The van der Waals surface area contributed by atoms with Gasteiger partial charge in [-0.2, -0.15) is 0 Å². The molecule has 4 aromatic carbocycles. The quantitative estimate of drug-likeness (QED) is 0.226. The molecule has 1 unspecified atom stereocenters. The maximum absolute atomic E-state index is 13.8. The molecule has 0 heterocycles. The molecule has 5 N–H and O–H groups in total. The number of para-hydroxylation sites is 4. The molecule has 0 radical (unpaired) electrons. The van der Waals surface area contributed by atoms with Gasteiger partial charge in [-0.05, 0) is 60.5 Å². The highest BCUT2D eigenvalue weighted by Crippen LogP contribution is 2.30. The lowest BCUT2D eigenvalue weighted by atomic mass is 9.95. The Kier molecular flexibility index (Phi) is 8.03. The molecular weight excluding hydrogens is 480 g/mol. The number of nitrogens with zero attached hydrogens (tertiary/aromatic N) is 1. The van der Waals surface area contributed by atoms with Gasteiger partial charge in [0.1, 0.15) is 11.7 Å². The van der Waals surface area contributed by atoms with Crippen LogP contribution >= 0.6 is 0 Å². The predicted octanol–water partition coefficient (Wildman–Crippen LogP) is 4.54. The number of benzene rings is 4. The molecule has 1 atom stereocenters. The van der Waals surface area contributed by atoms with Crippen LogP contribution in [0.1, 0.15) is 15.9 Å². The smallest absolute Gasteiger partial charge is 0.255 e. The van der Waals surface area contributed by atoms with Crippen molar-refractivity contribution in [2.24, 2.45) is 11.7 Å². The summed E-state index contributed by atoms with van der Waals surface area (Å²) in [6, 6.07) is 29.8. The Morgan fingerprint density at radius 2 is 1.42 bits per heavy atom. The fraction of sp³-hybridized carbons (Fsp3) is 0.100. The molecule has 0 aliphatic carbocycles. The second-order valence-electron chi connectivity index (χ2n) is 8.57. The van der Waals surface area contributed by atoms with Crippen molar-refractivity contribution in [1.82, 2.24) is 0 Å². The number of amides is 3. The molecule has 0 aliphatic rings. The normalized spacial score (nSPS) is 11.3. The molecule has 38 heavy (non-hydrogen) atoms. The van der Waals surface area contributed by atoms with E-state index in [1.165, 1.54) is 12.0 Å². The fourth-order valence-electron chi connectivity index (χ4n) is 4.10. The van der Waals surface area contributed by atoms with E-state index in [1.807, 2.05) is 36.4 Å². The Hall–Kier alpha value is -5.11. The lowest BCUT2D eigenvalue weighted by molar-refractivity contribution is -0.131. The molecule has 0 aliphatic heterocycles. The van der Waals surface area contributed by atoms with Crippen LogP contribution in [0.25, 0.3) is 0 Å². The first-order chi connectivity index (χ1) is 18.4. The second kappa shape index (κ2) is 11.7. The number of nitrogens with one attached hydrogen (secondary N) is 1. The number of methoxy groups -OCH3 is 1. The van der Waals surface area contributed by atoms with Crippen LogP contribution in [-0.4, -0.2) is 24.8 Å². The van der Waals surface area contributed by atoms with Crippen LogP contribution in [0.4, 0.5) is 22.7 Å². The van der Waals surface area contributed by atoms with Gasteiger partial charge in [0.05, 0.1) is 18.5 Å². The number of ether oxygens (including phenoxy) is 1. The maximum atomic E-state index is 13.8. The standard InChI is InChI=1S/C30H28N4O4/c1-38-27-19-21(29(36)33-26-15-9-8-14-25(26)31)17-16-20(27)18-24(28(32)35)30(37)34(22-10-4-2-5-11-22)23-12-6-3-7-13-23/h2-17,19,24H,18,31H2,1H3,(H2,32,35)(H,33,36). The average Bonchev–Trinajstić information content (AvgIpc) is 2.94. The van der Waals surface area contributed by atoms with Gasteiger partial charge in [0.15, 0.2) is 0 Å². The molecule has 0 spiro atoms. The third kappa shape index (κ3) is 5.82. The number of rotatable bonds is 9. The van der Waals surface area contributed by atoms with Crippen molar-refractivity contribution in [3.05, 3.63) is 114 Å². The van der Waals surface area contributed by atoms with Crippen molar-refractivity contribution < 1.29 is 19.1 Å². The van der Waals surface area contributed by atoms with Crippen molar-refractivity contribution in [2.75, 3.05) is 23.1 Å². The van der Waals surface area contributed by atoms with Crippen LogP contribution in [0.5, 0.6) is 5.75 Å². The zero-order chi connectivity index (χ0) is 27.1. The van der Waals surface area contributed by atoms with Crippen molar-refractivity contribution >= 4 is 40.5 Å². The Morgan fingerprint density at radius 1 is 0.842 bits per heavy atom. The molecule has 8 heteroatoms. The van der Waals surface area contributed by atoms with E-state index in [9.17, 15) is 14.4 Å². The first-order valence-electron chi connectivity index (χ1n) is 11.9. The van der Waals surface area contributed by atoms with Crippen LogP contribution in [0.3, 0.4) is 0 Å². The van der Waals surface area contributed by atoms with Crippen molar-refractivity contribution in [1.29, 1.82) is 0 Å². The van der Waals surface area contributed by atoms with Gasteiger partial charge < -0.3 is 21.5 Å². The van der Waals surface area contributed by atoms with Crippen molar-refractivity contribution in [3.63, 3.8) is 0 Å². The van der Waals surface area contributed by atoms with E-state index < -0.39 is 17.7 Å². The SMILES string of the molecule is COc1cc(C(=O)Nc2ccccc2N)ccc1CC(C(N)=O)C(=O)N(c1ccccc1)c1ccccc1. The largest absolute Gasteiger partial charge is 0.496 e. The molecule has 4 aromatic rings. The summed E-state index contributed by atoms with van der Waals surface area (Å²) in [5.41, 5.74) is 14.7. The molecule has 3 amide bonds. The number of nitrogen functional groups attached to an aromatic ring is 1. The lowest BCUT2D eigenvalue weighted by Gasteiger charge is -2.27. The van der Waals surface area contributed by atoms with Gasteiger partial charge in [-0.3, -0.25) is 19.3 Å². The topological polar surface area (TPSA) is 128 Å². The van der Waals surface area contributed by atoms with E-state index in [0.29, 0.717) is 39.6 Å². The minimum atomic E-state index is -1.19. The van der Waals surface area contributed by atoms with E-state index >= 15 is 0 Å². The molecular formula is C30H28N4O4. The number of hydrogen-bond donors (Lipinski definition) is 3. The van der Waals surface area contributed by atoms with Gasteiger partial charge in [0.2, 0.25) is 11.8 Å². The van der Waals surface area contributed by atoms with E-state index in [1.54, 1.807) is 66.7 Å². The van der Waals surface area contributed by atoms with Crippen LogP contribution in [0.2, 0.25) is 0 Å². The summed E-state index contributed by atoms with van der Waals surface area (Å²) in [7, 11) is 1.46. The number of carbonyl (C=O) groups excluding carboxylic acids is 3. The highest BCUT2D eigenvalue weighted by Gasteiger charge is 2.32. The van der Waals surface area contributed by atoms with Crippen molar-refractivity contribution in [3.8, 4) is 5.75 Å². The van der Waals surface area contributed by atoms with Crippen LogP contribution in [-0.2, 0) is 16.0 Å². The third-order valence-corrected chi connectivity index (χ3v) is 6.07. The highest BCUT2D eigenvalue weighted by molar-refractivity contribution is 6.11.